The normalized spacial score (nSPS) is 27.8. The molecule has 2 fully saturated rings. The van der Waals surface area contributed by atoms with Gasteiger partial charge in [0.15, 0.2) is 0 Å². The van der Waals surface area contributed by atoms with Gasteiger partial charge in [-0.3, -0.25) is 0 Å². The Morgan fingerprint density at radius 3 is 2.15 bits per heavy atom. The minimum absolute atomic E-state index is 0.122. The minimum Gasteiger partial charge on any atom is -0.373 e. The Kier molecular flexibility index (Phi) is 7.07. The fourth-order valence-electron chi connectivity index (χ4n) is 3.58. The average Bonchev–Trinajstić information content (AvgIpc) is 2.74. The third-order valence-electron chi connectivity index (χ3n) is 4.57. The Morgan fingerprint density at radius 1 is 1.11 bits per heavy atom. The predicted molar refractivity (Wildman–Crippen MR) is 118 cm³/mol. The van der Waals surface area contributed by atoms with Crippen molar-refractivity contribution in [2.75, 3.05) is 40.3 Å². The Bertz CT molecular complexity index is 587. The van der Waals surface area contributed by atoms with E-state index in [0.717, 1.165) is 38.6 Å². The minimum atomic E-state index is -2.59. The summed E-state index contributed by atoms with van der Waals surface area (Å²) in [5, 5.41) is 0. The summed E-state index contributed by atoms with van der Waals surface area (Å²) in [5.74, 6) is 0.939. The molecule has 1 unspecified atom stereocenters. The van der Waals surface area contributed by atoms with E-state index in [1.54, 1.807) is 0 Å². The summed E-state index contributed by atoms with van der Waals surface area (Å²) in [6.45, 7) is 16.0. The van der Waals surface area contributed by atoms with Crippen LogP contribution in [0.4, 0.5) is 0 Å². The van der Waals surface area contributed by atoms with Gasteiger partial charge in [0, 0.05) is 40.3 Å². The van der Waals surface area contributed by atoms with Crippen LogP contribution >= 0.6 is 6.57 Å². The molecule has 2 rings (SSSR count). The van der Waals surface area contributed by atoms with Crippen LogP contribution in [0.2, 0.25) is 0 Å². The molecule has 0 aromatic heterocycles. The average molecular weight is 419 g/mol. The number of morpholine rings is 1. The largest absolute Gasteiger partial charge is 0.373 e. The van der Waals surface area contributed by atoms with Crippen LogP contribution in [0.5, 0.6) is 0 Å². The topological polar surface area (TPSA) is 40.5 Å². The zero-order chi connectivity index (χ0) is 20.6. The molecule has 0 N–H and O–H groups in total. The summed E-state index contributed by atoms with van der Waals surface area (Å²) in [4.78, 5) is 4.34. The van der Waals surface area contributed by atoms with Crippen molar-refractivity contribution in [3.05, 3.63) is 0 Å². The quantitative estimate of drug-likeness (QED) is 0.647. The molecule has 6 nitrogen and oxygen atoms in total. The molecule has 8 heteroatoms. The third kappa shape index (κ3) is 6.67. The van der Waals surface area contributed by atoms with Crippen molar-refractivity contribution in [3.63, 3.8) is 0 Å². The molecule has 0 aliphatic carbocycles. The third-order valence-corrected chi connectivity index (χ3v) is 7.99. The lowest BCUT2D eigenvalue weighted by molar-refractivity contribution is -0.0719. The van der Waals surface area contributed by atoms with Gasteiger partial charge in [-0.25, -0.2) is 4.67 Å². The molecule has 0 aromatic carbocycles. The lowest BCUT2D eigenvalue weighted by Crippen LogP contribution is -2.46. The van der Waals surface area contributed by atoms with E-state index in [2.05, 4.69) is 77.0 Å². The highest BCUT2D eigenvalue weighted by molar-refractivity contribution is 8.10. The number of ether oxygens (including phenoxy) is 1. The maximum Gasteiger partial charge on any atom is 0.251 e. The van der Waals surface area contributed by atoms with Crippen molar-refractivity contribution in [1.82, 2.24) is 14.5 Å². The van der Waals surface area contributed by atoms with Crippen molar-refractivity contribution in [2.24, 2.45) is 10.2 Å². The maximum absolute atomic E-state index is 6.51. The molecule has 0 saturated carbocycles. The van der Waals surface area contributed by atoms with E-state index in [0.29, 0.717) is 0 Å². The Hall–Kier alpha value is -0.200. The highest BCUT2D eigenvalue weighted by Gasteiger charge is 2.40. The first kappa shape index (κ1) is 23.1. The molecule has 2 aliphatic rings. The van der Waals surface area contributed by atoms with Crippen LogP contribution in [-0.4, -0.2) is 78.5 Å². The van der Waals surface area contributed by atoms with Gasteiger partial charge in [-0.2, -0.15) is 4.76 Å². The van der Waals surface area contributed by atoms with Crippen LogP contribution in [0.15, 0.2) is 4.76 Å². The molecule has 27 heavy (non-hydrogen) atoms. The van der Waals surface area contributed by atoms with Crippen molar-refractivity contribution in [2.45, 2.75) is 72.7 Å². The second-order valence-corrected chi connectivity index (χ2v) is 13.5. The molecule has 0 aromatic rings. The SMILES string of the molecule is C[C@H]1CN(P(=S)(N=C2N(C)CCN2C)OC(C)(C)C)C[C@@H](CC(C)(C)C)O1. The van der Waals surface area contributed by atoms with Crippen LogP contribution in [0.3, 0.4) is 0 Å². The zero-order valence-electron chi connectivity index (χ0n) is 18.7. The smallest absolute Gasteiger partial charge is 0.251 e. The van der Waals surface area contributed by atoms with Gasteiger partial charge >= 0.3 is 0 Å². The molecule has 3 atom stereocenters. The second kappa shape index (κ2) is 8.27. The van der Waals surface area contributed by atoms with Crippen molar-refractivity contribution < 1.29 is 9.26 Å². The molecule has 0 bridgehead atoms. The Labute approximate surface area is 171 Å². The molecular formula is C19H39N4O2PS. The molecule has 0 amide bonds. The molecule has 2 saturated heterocycles. The summed E-state index contributed by atoms with van der Waals surface area (Å²) in [5.41, 5.74) is -0.144. The van der Waals surface area contributed by atoms with E-state index in [1.165, 1.54) is 0 Å². The lowest BCUT2D eigenvalue weighted by Gasteiger charge is -2.44. The van der Waals surface area contributed by atoms with Crippen LogP contribution < -0.4 is 0 Å². The van der Waals surface area contributed by atoms with Gasteiger partial charge in [-0.15, -0.1) is 0 Å². The van der Waals surface area contributed by atoms with E-state index in [9.17, 15) is 0 Å². The summed E-state index contributed by atoms with van der Waals surface area (Å²) < 4.78 is 20.1. The first-order valence-electron chi connectivity index (χ1n) is 9.93. The van der Waals surface area contributed by atoms with Gasteiger partial charge in [-0.05, 0) is 51.3 Å². The van der Waals surface area contributed by atoms with Crippen LogP contribution in [0.25, 0.3) is 0 Å². The summed E-state index contributed by atoms with van der Waals surface area (Å²) in [7, 11) is 4.15. The van der Waals surface area contributed by atoms with E-state index < -0.39 is 6.57 Å². The van der Waals surface area contributed by atoms with E-state index >= 15 is 0 Å². The highest BCUT2D eigenvalue weighted by Crippen LogP contribution is 2.57. The van der Waals surface area contributed by atoms with Crippen LogP contribution in [-0.2, 0) is 21.1 Å². The van der Waals surface area contributed by atoms with Gasteiger partial charge in [0.1, 0.15) is 0 Å². The molecule has 0 radical (unpaired) electrons. The predicted octanol–water partition coefficient (Wildman–Crippen LogP) is 3.78. The second-order valence-electron chi connectivity index (χ2n) is 10.1. The van der Waals surface area contributed by atoms with Gasteiger partial charge < -0.3 is 19.1 Å². The van der Waals surface area contributed by atoms with Crippen LogP contribution in [0, 0.1) is 5.41 Å². The van der Waals surface area contributed by atoms with E-state index in [4.69, 9.17) is 25.8 Å². The summed E-state index contributed by atoms with van der Waals surface area (Å²) in [6.07, 6.45) is 1.27. The fourth-order valence-corrected chi connectivity index (χ4v) is 7.22. The molecule has 0 spiro atoms. The molecule has 158 valence electrons. The Morgan fingerprint density at radius 2 is 1.67 bits per heavy atom. The van der Waals surface area contributed by atoms with Crippen molar-refractivity contribution >= 4 is 24.3 Å². The van der Waals surface area contributed by atoms with Gasteiger partial charge in [0.2, 0.25) is 5.96 Å². The number of hydrogen-bond acceptors (Lipinski definition) is 3. The molecule has 2 aliphatic heterocycles. The highest BCUT2D eigenvalue weighted by atomic mass is 32.4. The first-order valence-corrected chi connectivity index (χ1v) is 12.6. The monoisotopic (exact) mass is 418 g/mol. The number of rotatable bonds is 4. The van der Waals surface area contributed by atoms with Crippen molar-refractivity contribution in [3.8, 4) is 0 Å². The number of hydrogen-bond donors (Lipinski definition) is 0. The first-order chi connectivity index (χ1) is 12.2. The van der Waals surface area contributed by atoms with E-state index in [1.807, 2.05) is 0 Å². The van der Waals surface area contributed by atoms with Gasteiger partial charge in [0.25, 0.3) is 6.57 Å². The maximum atomic E-state index is 6.51. The molecular weight excluding hydrogens is 379 g/mol. The van der Waals surface area contributed by atoms with Gasteiger partial charge in [0.05, 0.1) is 17.8 Å². The van der Waals surface area contributed by atoms with Crippen LogP contribution in [0.1, 0.15) is 54.9 Å². The van der Waals surface area contributed by atoms with Gasteiger partial charge in [-0.1, -0.05) is 20.8 Å². The fraction of sp³-hybridized carbons (Fsp3) is 0.947. The Balaban J connectivity index is 2.35. The van der Waals surface area contributed by atoms with E-state index in [-0.39, 0.29) is 23.2 Å². The van der Waals surface area contributed by atoms with Crippen molar-refractivity contribution in [1.29, 1.82) is 0 Å². The lowest BCUT2D eigenvalue weighted by atomic mass is 9.89. The number of likely N-dealkylation sites (N-methyl/N-ethyl adjacent to an activating group) is 2. The zero-order valence-corrected chi connectivity index (χ0v) is 20.4. The molecule has 2 heterocycles. The standard InChI is InChI=1S/C19H39N4O2PS/c1-15-13-23(14-16(24-15)12-18(2,3)4)26(27,25-19(5,6)7)20-17-21(8)10-11-22(17)9/h15-16H,10-14H2,1-9H3/t15-,16+,26?/m0/s1. The number of guanidine groups is 1. The number of nitrogens with zero attached hydrogens (tertiary/aromatic N) is 4. The summed E-state index contributed by atoms with van der Waals surface area (Å²) in [6, 6.07) is 0. The summed E-state index contributed by atoms with van der Waals surface area (Å²) >= 11 is 6.18.